The third-order valence-electron chi connectivity index (χ3n) is 3.24. The second kappa shape index (κ2) is 6.66. The molecule has 0 aliphatic heterocycles. The number of halogens is 2. The lowest BCUT2D eigenvalue weighted by atomic mass is 10.2. The van der Waals surface area contributed by atoms with Crippen molar-refractivity contribution >= 4 is 17.5 Å². The van der Waals surface area contributed by atoms with Gasteiger partial charge in [0.25, 0.3) is 5.91 Å². The number of nitrogens with one attached hydrogen (secondary N) is 1. The number of hydrogen-bond acceptors (Lipinski definition) is 3. The third kappa shape index (κ3) is 3.60. The fourth-order valence-corrected chi connectivity index (χ4v) is 2.36. The van der Waals surface area contributed by atoms with Crippen LogP contribution in [0, 0.1) is 5.82 Å². The van der Waals surface area contributed by atoms with E-state index in [1.807, 2.05) is 12.3 Å². The number of carbonyl (C=O) groups excluding carboxylic acids is 1. The van der Waals surface area contributed by atoms with Crippen molar-refractivity contribution < 1.29 is 13.6 Å². The monoisotopic (exact) mass is 333 g/mol. The van der Waals surface area contributed by atoms with Gasteiger partial charge in [0.15, 0.2) is 0 Å². The van der Waals surface area contributed by atoms with Crippen molar-refractivity contribution in [3.8, 4) is 11.3 Å². The van der Waals surface area contributed by atoms with Crippen LogP contribution in [0.2, 0.25) is 5.02 Å². The van der Waals surface area contributed by atoms with Crippen LogP contribution in [0.25, 0.3) is 11.3 Å². The van der Waals surface area contributed by atoms with E-state index in [9.17, 15) is 9.18 Å². The van der Waals surface area contributed by atoms with E-state index in [0.29, 0.717) is 13.1 Å². The average Bonchev–Trinajstić information content (AvgIpc) is 3.18. The quantitative estimate of drug-likeness (QED) is 0.778. The minimum absolute atomic E-state index is 0.0849. The Balaban J connectivity index is 1.56. The number of aromatic nitrogens is 2. The van der Waals surface area contributed by atoms with Crippen LogP contribution in [-0.4, -0.2) is 22.2 Å². The second-order valence-corrected chi connectivity index (χ2v) is 5.26. The van der Waals surface area contributed by atoms with Gasteiger partial charge in [-0.25, -0.2) is 4.39 Å². The first kappa shape index (κ1) is 15.3. The summed E-state index contributed by atoms with van der Waals surface area (Å²) in [5, 5.41) is 7.01. The van der Waals surface area contributed by atoms with E-state index in [1.165, 1.54) is 12.1 Å². The van der Waals surface area contributed by atoms with Crippen molar-refractivity contribution in [3.05, 3.63) is 65.4 Å². The molecule has 0 spiro atoms. The van der Waals surface area contributed by atoms with Crippen LogP contribution in [0.4, 0.5) is 4.39 Å². The molecular formula is C16H13ClFN3O2. The maximum Gasteiger partial charge on any atom is 0.252 e. The van der Waals surface area contributed by atoms with Crippen molar-refractivity contribution in [1.82, 2.24) is 15.1 Å². The van der Waals surface area contributed by atoms with Crippen LogP contribution in [0.1, 0.15) is 10.4 Å². The summed E-state index contributed by atoms with van der Waals surface area (Å²) in [4.78, 5) is 12.0. The minimum atomic E-state index is -0.478. The largest absolute Gasteiger partial charge is 0.464 e. The van der Waals surface area contributed by atoms with Crippen LogP contribution in [-0.2, 0) is 6.54 Å². The topological polar surface area (TPSA) is 60.1 Å². The van der Waals surface area contributed by atoms with Crippen LogP contribution in [0.5, 0.6) is 0 Å². The van der Waals surface area contributed by atoms with Crippen LogP contribution < -0.4 is 5.32 Å². The Kier molecular flexibility index (Phi) is 4.43. The van der Waals surface area contributed by atoms with Crippen LogP contribution >= 0.6 is 11.6 Å². The van der Waals surface area contributed by atoms with Gasteiger partial charge in [-0.05, 0) is 30.3 Å². The van der Waals surface area contributed by atoms with Crippen molar-refractivity contribution in [2.45, 2.75) is 6.54 Å². The summed E-state index contributed by atoms with van der Waals surface area (Å²) in [7, 11) is 0. The van der Waals surface area contributed by atoms with Crippen LogP contribution in [0.3, 0.4) is 0 Å². The summed E-state index contributed by atoms with van der Waals surface area (Å²) in [6.07, 6.45) is 5.12. The molecule has 118 valence electrons. The predicted molar refractivity (Wildman–Crippen MR) is 83.7 cm³/mol. The second-order valence-electron chi connectivity index (χ2n) is 4.85. The maximum atomic E-state index is 13.0. The standard InChI is InChI=1S/C16H13ClFN3O2/c17-14-8-12(18)3-4-13(14)16(22)19-5-6-21-10-11(9-20-21)15-2-1-7-23-15/h1-4,7-10H,5-6H2,(H,19,22). The highest BCUT2D eigenvalue weighted by Gasteiger charge is 2.11. The summed E-state index contributed by atoms with van der Waals surface area (Å²) in [6.45, 7) is 0.858. The maximum absolute atomic E-state index is 13.0. The Hall–Kier alpha value is -2.60. The molecule has 3 rings (SSSR count). The summed E-state index contributed by atoms with van der Waals surface area (Å²) < 4.78 is 20.0. The Morgan fingerprint density at radius 2 is 2.26 bits per heavy atom. The van der Waals surface area contributed by atoms with Crippen molar-refractivity contribution in [2.75, 3.05) is 6.54 Å². The highest BCUT2D eigenvalue weighted by Crippen LogP contribution is 2.18. The van der Waals surface area contributed by atoms with Gasteiger partial charge in [0, 0.05) is 12.7 Å². The van der Waals surface area contributed by atoms with Crippen LogP contribution in [0.15, 0.2) is 53.4 Å². The highest BCUT2D eigenvalue weighted by molar-refractivity contribution is 6.33. The molecule has 0 aliphatic carbocycles. The van der Waals surface area contributed by atoms with Gasteiger partial charge in [-0.2, -0.15) is 5.10 Å². The van der Waals surface area contributed by atoms with E-state index in [4.69, 9.17) is 16.0 Å². The molecule has 0 aliphatic rings. The molecule has 1 amide bonds. The fourth-order valence-electron chi connectivity index (χ4n) is 2.11. The van der Waals surface area contributed by atoms with Crippen molar-refractivity contribution in [3.63, 3.8) is 0 Å². The number of rotatable bonds is 5. The molecule has 7 heteroatoms. The predicted octanol–water partition coefficient (Wildman–Crippen LogP) is 3.37. The molecule has 0 fully saturated rings. The van der Waals surface area contributed by atoms with Crippen molar-refractivity contribution in [2.24, 2.45) is 0 Å². The summed E-state index contributed by atoms with van der Waals surface area (Å²) in [6, 6.07) is 7.32. The zero-order valence-electron chi connectivity index (χ0n) is 12.0. The van der Waals surface area contributed by atoms with E-state index < -0.39 is 5.82 Å². The minimum Gasteiger partial charge on any atom is -0.464 e. The average molecular weight is 334 g/mol. The molecule has 5 nitrogen and oxygen atoms in total. The summed E-state index contributed by atoms with van der Waals surface area (Å²) >= 11 is 5.85. The lowest BCUT2D eigenvalue weighted by Gasteiger charge is -2.07. The number of nitrogens with zero attached hydrogens (tertiary/aromatic N) is 2. The highest BCUT2D eigenvalue weighted by atomic mass is 35.5. The molecule has 0 bridgehead atoms. The first-order chi connectivity index (χ1) is 11.1. The molecule has 3 aromatic rings. The molecule has 0 unspecified atom stereocenters. The Labute approximate surface area is 136 Å². The van der Waals surface area contributed by atoms with E-state index in [2.05, 4.69) is 10.4 Å². The fraction of sp³-hybridized carbons (Fsp3) is 0.125. The molecule has 0 atom stereocenters. The Morgan fingerprint density at radius 1 is 1.39 bits per heavy atom. The lowest BCUT2D eigenvalue weighted by molar-refractivity contribution is 0.0952. The van der Waals surface area contributed by atoms with Gasteiger partial charge >= 0.3 is 0 Å². The molecule has 0 saturated carbocycles. The first-order valence-electron chi connectivity index (χ1n) is 6.93. The lowest BCUT2D eigenvalue weighted by Crippen LogP contribution is -2.27. The normalized spacial score (nSPS) is 10.7. The van der Waals surface area contributed by atoms with Gasteiger partial charge in [0.2, 0.25) is 0 Å². The number of carbonyl (C=O) groups is 1. The molecule has 0 saturated heterocycles. The summed E-state index contributed by atoms with van der Waals surface area (Å²) in [5.74, 6) is -0.0969. The third-order valence-corrected chi connectivity index (χ3v) is 3.55. The van der Waals surface area contributed by atoms with Gasteiger partial charge < -0.3 is 9.73 Å². The number of hydrogen-bond donors (Lipinski definition) is 1. The molecular weight excluding hydrogens is 321 g/mol. The number of benzene rings is 1. The molecule has 1 N–H and O–H groups in total. The van der Waals surface area contributed by atoms with Gasteiger partial charge in [0.05, 0.1) is 35.2 Å². The molecule has 1 aromatic carbocycles. The van der Waals surface area contributed by atoms with Gasteiger partial charge in [0.1, 0.15) is 11.6 Å². The SMILES string of the molecule is O=C(NCCn1cc(-c2ccco2)cn1)c1ccc(F)cc1Cl. The molecule has 2 heterocycles. The molecule has 2 aromatic heterocycles. The number of furan rings is 1. The Morgan fingerprint density at radius 3 is 3.00 bits per heavy atom. The first-order valence-corrected chi connectivity index (χ1v) is 7.31. The van der Waals surface area contributed by atoms with E-state index >= 15 is 0 Å². The zero-order valence-corrected chi connectivity index (χ0v) is 12.8. The van der Waals surface area contributed by atoms with Gasteiger partial charge in [-0.3, -0.25) is 9.48 Å². The smallest absolute Gasteiger partial charge is 0.252 e. The Bertz CT molecular complexity index is 815. The molecule has 0 radical (unpaired) electrons. The van der Waals surface area contributed by atoms with Gasteiger partial charge in [-0.1, -0.05) is 11.6 Å². The van der Waals surface area contributed by atoms with E-state index in [0.717, 1.165) is 17.4 Å². The van der Waals surface area contributed by atoms with Gasteiger partial charge in [-0.15, -0.1) is 0 Å². The molecule has 23 heavy (non-hydrogen) atoms. The van der Waals surface area contributed by atoms with E-state index in [-0.39, 0.29) is 16.5 Å². The summed E-state index contributed by atoms with van der Waals surface area (Å²) in [5.41, 5.74) is 1.10. The van der Waals surface area contributed by atoms with Crippen molar-refractivity contribution in [1.29, 1.82) is 0 Å². The zero-order chi connectivity index (χ0) is 16.2. The number of amides is 1. The van der Waals surface area contributed by atoms with E-state index in [1.54, 1.807) is 23.2 Å².